The van der Waals surface area contributed by atoms with Crippen LogP contribution in [0.5, 0.6) is 0 Å². The Morgan fingerprint density at radius 3 is 2.74 bits per heavy atom. The predicted molar refractivity (Wildman–Crippen MR) is 82.7 cm³/mol. The Hall–Kier alpha value is -1.46. The van der Waals surface area contributed by atoms with Gasteiger partial charge in [0.2, 0.25) is 0 Å². The largest absolute Gasteiger partial charge is 0.409 e. The van der Waals surface area contributed by atoms with Crippen molar-refractivity contribution in [2.24, 2.45) is 10.9 Å². The molecule has 0 amide bonds. The van der Waals surface area contributed by atoms with Crippen molar-refractivity contribution < 1.29 is 5.21 Å². The number of benzene rings is 2. The van der Waals surface area contributed by atoms with Gasteiger partial charge in [-0.25, -0.2) is 0 Å². The molecule has 3 nitrogen and oxygen atoms in total. The molecule has 0 saturated carbocycles. The summed E-state index contributed by atoms with van der Waals surface area (Å²) in [5, 5.41) is 11.7. The van der Waals surface area contributed by atoms with Gasteiger partial charge in [0.1, 0.15) is 0 Å². The van der Waals surface area contributed by atoms with Gasteiger partial charge < -0.3 is 10.9 Å². The molecular weight excluding hydrogens is 324 g/mol. The van der Waals surface area contributed by atoms with Gasteiger partial charge in [-0.1, -0.05) is 35.5 Å². The van der Waals surface area contributed by atoms with E-state index in [0.29, 0.717) is 0 Å². The normalized spacial score (nSPS) is 11.5. The molecule has 19 heavy (non-hydrogen) atoms. The first-order valence-corrected chi connectivity index (χ1v) is 7.42. The molecule has 0 aliphatic heterocycles. The molecule has 0 saturated heterocycles. The van der Waals surface area contributed by atoms with Gasteiger partial charge in [-0.05, 0) is 39.7 Å². The van der Waals surface area contributed by atoms with E-state index < -0.39 is 0 Å². The molecule has 0 radical (unpaired) electrons. The standard InChI is InChI=1S/C14H13BrN2OS/c15-12-6-1-2-7-13(12)19-9-10-4-3-5-11(8-10)14(16)17-18/h1-8,18H,9H2,(H2,16,17). The number of oxime groups is 1. The molecule has 98 valence electrons. The van der Waals surface area contributed by atoms with Crippen LogP contribution in [0.3, 0.4) is 0 Å². The second-order valence-corrected chi connectivity index (χ2v) is 5.78. The fraction of sp³-hybridized carbons (Fsp3) is 0.0714. The van der Waals surface area contributed by atoms with E-state index in [4.69, 9.17) is 10.9 Å². The van der Waals surface area contributed by atoms with E-state index in [9.17, 15) is 0 Å². The minimum absolute atomic E-state index is 0.132. The summed E-state index contributed by atoms with van der Waals surface area (Å²) in [6, 6.07) is 15.8. The van der Waals surface area contributed by atoms with Crippen LogP contribution in [0.15, 0.2) is 63.1 Å². The van der Waals surface area contributed by atoms with E-state index in [2.05, 4.69) is 27.2 Å². The fourth-order valence-corrected chi connectivity index (χ4v) is 3.11. The first kappa shape index (κ1) is 14.0. The van der Waals surface area contributed by atoms with E-state index in [1.165, 1.54) is 4.90 Å². The van der Waals surface area contributed by atoms with Gasteiger partial charge in [-0.15, -0.1) is 11.8 Å². The topological polar surface area (TPSA) is 58.6 Å². The lowest BCUT2D eigenvalue weighted by Gasteiger charge is -2.06. The molecule has 0 aliphatic rings. The van der Waals surface area contributed by atoms with Crippen molar-refractivity contribution in [1.29, 1.82) is 0 Å². The number of hydrogen-bond acceptors (Lipinski definition) is 3. The van der Waals surface area contributed by atoms with E-state index in [1.807, 2.05) is 42.5 Å². The number of nitrogens with zero attached hydrogens (tertiary/aromatic N) is 1. The van der Waals surface area contributed by atoms with Crippen molar-refractivity contribution in [1.82, 2.24) is 0 Å². The van der Waals surface area contributed by atoms with Crippen molar-refractivity contribution in [3.8, 4) is 0 Å². The highest BCUT2D eigenvalue weighted by molar-refractivity contribution is 9.10. The number of amidine groups is 1. The lowest BCUT2D eigenvalue weighted by molar-refractivity contribution is 0.318. The monoisotopic (exact) mass is 336 g/mol. The highest BCUT2D eigenvalue weighted by atomic mass is 79.9. The number of nitrogens with two attached hydrogens (primary N) is 1. The maximum absolute atomic E-state index is 8.67. The molecule has 0 unspecified atom stereocenters. The minimum atomic E-state index is 0.132. The van der Waals surface area contributed by atoms with Crippen LogP contribution in [-0.4, -0.2) is 11.0 Å². The molecule has 0 fully saturated rings. The molecule has 3 N–H and O–H groups in total. The lowest BCUT2D eigenvalue weighted by atomic mass is 10.1. The minimum Gasteiger partial charge on any atom is -0.409 e. The molecule has 2 aromatic rings. The third-order valence-electron chi connectivity index (χ3n) is 2.56. The molecule has 0 bridgehead atoms. The summed E-state index contributed by atoms with van der Waals surface area (Å²) in [5.41, 5.74) is 7.44. The highest BCUT2D eigenvalue weighted by Crippen LogP contribution is 2.29. The average Bonchev–Trinajstić information content (AvgIpc) is 2.46. The van der Waals surface area contributed by atoms with Gasteiger partial charge in [-0.2, -0.15) is 0 Å². The summed E-state index contributed by atoms with van der Waals surface area (Å²) in [4.78, 5) is 1.19. The zero-order valence-electron chi connectivity index (χ0n) is 10.1. The van der Waals surface area contributed by atoms with Gasteiger partial charge in [0.05, 0.1) is 0 Å². The van der Waals surface area contributed by atoms with Crippen LogP contribution in [0.1, 0.15) is 11.1 Å². The summed E-state index contributed by atoms with van der Waals surface area (Å²) in [6.07, 6.45) is 0. The summed E-state index contributed by atoms with van der Waals surface area (Å²) in [7, 11) is 0. The highest BCUT2D eigenvalue weighted by Gasteiger charge is 2.03. The average molecular weight is 337 g/mol. The van der Waals surface area contributed by atoms with Gasteiger partial charge >= 0.3 is 0 Å². The van der Waals surface area contributed by atoms with E-state index in [0.717, 1.165) is 21.4 Å². The smallest absolute Gasteiger partial charge is 0.170 e. The van der Waals surface area contributed by atoms with Gasteiger partial charge in [0.15, 0.2) is 5.84 Å². The van der Waals surface area contributed by atoms with Crippen LogP contribution in [0.4, 0.5) is 0 Å². The van der Waals surface area contributed by atoms with Gasteiger partial charge in [0, 0.05) is 20.7 Å². The van der Waals surface area contributed by atoms with Crippen molar-refractivity contribution in [3.05, 3.63) is 64.1 Å². The Balaban J connectivity index is 2.10. The van der Waals surface area contributed by atoms with Crippen LogP contribution < -0.4 is 5.73 Å². The van der Waals surface area contributed by atoms with Crippen LogP contribution in [0.2, 0.25) is 0 Å². The Kier molecular flexibility index (Phi) is 4.87. The third kappa shape index (κ3) is 3.75. The first-order valence-electron chi connectivity index (χ1n) is 5.65. The van der Waals surface area contributed by atoms with E-state index in [-0.39, 0.29) is 5.84 Å². The summed E-state index contributed by atoms with van der Waals surface area (Å²) in [5.74, 6) is 0.961. The molecule has 0 heterocycles. The molecule has 0 atom stereocenters. The van der Waals surface area contributed by atoms with Crippen molar-refractivity contribution in [2.75, 3.05) is 0 Å². The molecule has 0 aliphatic carbocycles. The summed E-state index contributed by atoms with van der Waals surface area (Å²) < 4.78 is 1.09. The molecule has 2 rings (SSSR count). The molecule has 0 spiro atoms. The van der Waals surface area contributed by atoms with Crippen molar-refractivity contribution in [3.63, 3.8) is 0 Å². The van der Waals surface area contributed by atoms with Crippen LogP contribution in [-0.2, 0) is 5.75 Å². The number of rotatable bonds is 4. The number of hydrogen-bond donors (Lipinski definition) is 2. The summed E-state index contributed by atoms with van der Waals surface area (Å²) in [6.45, 7) is 0. The maximum atomic E-state index is 8.67. The lowest BCUT2D eigenvalue weighted by Crippen LogP contribution is -2.13. The Morgan fingerprint density at radius 1 is 1.21 bits per heavy atom. The first-order chi connectivity index (χ1) is 9.20. The number of thioether (sulfide) groups is 1. The maximum Gasteiger partial charge on any atom is 0.170 e. The Morgan fingerprint density at radius 2 is 2.00 bits per heavy atom. The second-order valence-electron chi connectivity index (χ2n) is 3.90. The van der Waals surface area contributed by atoms with E-state index in [1.54, 1.807) is 11.8 Å². The van der Waals surface area contributed by atoms with Gasteiger partial charge in [-0.3, -0.25) is 0 Å². The summed E-state index contributed by atoms with van der Waals surface area (Å²) >= 11 is 5.26. The molecule has 2 aromatic carbocycles. The molecular formula is C14H13BrN2OS. The van der Waals surface area contributed by atoms with Crippen molar-refractivity contribution in [2.45, 2.75) is 10.6 Å². The fourth-order valence-electron chi connectivity index (χ4n) is 1.60. The SMILES string of the molecule is N/C(=N\O)c1cccc(CSc2ccccc2Br)c1. The van der Waals surface area contributed by atoms with Crippen molar-refractivity contribution >= 4 is 33.5 Å². The van der Waals surface area contributed by atoms with Crippen LogP contribution in [0, 0.1) is 0 Å². The Bertz CT molecular complexity index is 602. The van der Waals surface area contributed by atoms with Gasteiger partial charge in [0.25, 0.3) is 0 Å². The zero-order valence-corrected chi connectivity index (χ0v) is 12.5. The quantitative estimate of drug-likeness (QED) is 0.293. The predicted octanol–water partition coefficient (Wildman–Crippen LogP) is 3.84. The zero-order chi connectivity index (χ0) is 13.7. The third-order valence-corrected chi connectivity index (χ3v) is 4.66. The Labute approximate surface area is 124 Å². The second kappa shape index (κ2) is 6.63. The number of halogens is 1. The van der Waals surface area contributed by atoms with Crippen LogP contribution >= 0.6 is 27.7 Å². The van der Waals surface area contributed by atoms with E-state index >= 15 is 0 Å². The van der Waals surface area contributed by atoms with Crippen LogP contribution in [0.25, 0.3) is 0 Å². The molecule has 0 aromatic heterocycles. The molecule has 5 heteroatoms.